The molecule has 2 aromatic heterocycles. The Bertz CT molecular complexity index is 1380. The van der Waals surface area contributed by atoms with Crippen LogP contribution in [0.3, 0.4) is 0 Å². The zero-order chi connectivity index (χ0) is 23.2. The molecule has 3 heterocycles. The largest absolute Gasteiger partial charge is 0.377 e. The van der Waals surface area contributed by atoms with Crippen molar-refractivity contribution in [1.82, 2.24) is 9.55 Å². The molecule has 0 saturated carbocycles. The summed E-state index contributed by atoms with van der Waals surface area (Å²) in [7, 11) is 0. The maximum absolute atomic E-state index is 5.83. The summed E-state index contributed by atoms with van der Waals surface area (Å²) >= 11 is 0. The number of ether oxygens (including phenoxy) is 1. The number of fused-ring (bicyclic) bond motifs is 4. The van der Waals surface area contributed by atoms with E-state index in [-0.39, 0.29) is 5.54 Å². The molecule has 3 nitrogen and oxygen atoms in total. The highest BCUT2D eigenvalue weighted by Gasteiger charge is 2.40. The molecule has 0 spiro atoms. The molecule has 4 aromatic rings. The number of rotatable bonds is 6. The summed E-state index contributed by atoms with van der Waals surface area (Å²) in [6.07, 6.45) is 8.20. The van der Waals surface area contributed by atoms with Gasteiger partial charge in [0.05, 0.1) is 12.1 Å². The van der Waals surface area contributed by atoms with Crippen molar-refractivity contribution in [3.8, 4) is 0 Å². The highest BCUT2D eigenvalue weighted by atomic mass is 16.5. The average molecular weight is 439 g/mol. The maximum Gasteiger partial charge on any atom is 0.0743 e. The number of hydrogen-bond donors (Lipinski definition) is 1. The van der Waals surface area contributed by atoms with E-state index in [1.807, 2.05) is 6.92 Å². The molecule has 1 aliphatic rings. The summed E-state index contributed by atoms with van der Waals surface area (Å²) in [5.74, 6) is 0.419. The van der Waals surface area contributed by atoms with Gasteiger partial charge in [0.1, 0.15) is 0 Å². The second-order valence-electron chi connectivity index (χ2n) is 9.81. The van der Waals surface area contributed by atoms with Gasteiger partial charge >= 0.3 is 0 Å². The number of nitrogens with zero attached hydrogens (tertiary/aromatic N) is 1. The summed E-state index contributed by atoms with van der Waals surface area (Å²) in [6.45, 7) is 12.5. The van der Waals surface area contributed by atoms with Crippen molar-refractivity contribution >= 4 is 27.9 Å². The molecular formula is C30H34N2O. The zero-order valence-electron chi connectivity index (χ0n) is 20.4. The fourth-order valence-electron chi connectivity index (χ4n) is 5.72. The van der Waals surface area contributed by atoms with Crippen LogP contribution in [0.15, 0.2) is 66.3 Å². The first-order chi connectivity index (χ1) is 15.9. The Labute approximate surface area is 196 Å². The van der Waals surface area contributed by atoms with E-state index in [1.54, 1.807) is 0 Å². The van der Waals surface area contributed by atoms with Crippen LogP contribution >= 0.6 is 0 Å². The van der Waals surface area contributed by atoms with Crippen LogP contribution in [0.5, 0.6) is 0 Å². The molecule has 1 N–H and O–H groups in total. The van der Waals surface area contributed by atoms with Crippen LogP contribution < -0.4 is 0 Å². The number of nitrogens with one attached hydrogen (secondary N) is 1. The number of allylic oxidation sites excluding steroid dienone is 3. The van der Waals surface area contributed by atoms with Gasteiger partial charge in [-0.25, -0.2) is 0 Å². The number of aromatic nitrogens is 2. The standard InChI is InChI=1S/C30H34N2O/c1-6-33-19-25-24-12-7-9-13-26(24)31-27(25)15-16-30(5)18-22(17-20(2)3)29-21(4)23-11-8-10-14-28(23)32(29)30/h7-17,22,31H,6,18-19H2,1-5H3/b16-15+/t22-,30-/m0/s1. The third-order valence-electron chi connectivity index (χ3n) is 7.11. The predicted molar refractivity (Wildman–Crippen MR) is 140 cm³/mol. The molecule has 0 unspecified atom stereocenters. The van der Waals surface area contributed by atoms with Crippen molar-refractivity contribution in [2.45, 2.75) is 59.1 Å². The Balaban J connectivity index is 1.64. The summed E-state index contributed by atoms with van der Waals surface area (Å²) in [5.41, 5.74) is 9.00. The monoisotopic (exact) mass is 438 g/mol. The third-order valence-corrected chi connectivity index (χ3v) is 7.11. The van der Waals surface area contributed by atoms with Gasteiger partial charge in [0.25, 0.3) is 0 Å². The quantitative estimate of drug-likeness (QED) is 0.305. The SMILES string of the molecule is CCOCc1c(/C=C/[C@@]2(C)C[C@H](C=C(C)C)c3c(C)c4ccccc4n32)[nH]c2ccccc12. The summed E-state index contributed by atoms with van der Waals surface area (Å²) in [4.78, 5) is 3.64. The first-order valence-corrected chi connectivity index (χ1v) is 12.0. The lowest BCUT2D eigenvalue weighted by Crippen LogP contribution is -2.23. The Morgan fingerprint density at radius 1 is 1.12 bits per heavy atom. The van der Waals surface area contributed by atoms with E-state index in [0.29, 0.717) is 19.1 Å². The van der Waals surface area contributed by atoms with E-state index < -0.39 is 0 Å². The summed E-state index contributed by atoms with van der Waals surface area (Å²) in [6, 6.07) is 17.3. The number of benzene rings is 2. The lowest BCUT2D eigenvalue weighted by molar-refractivity contribution is 0.135. The van der Waals surface area contributed by atoms with Gasteiger partial charge in [0.2, 0.25) is 0 Å². The van der Waals surface area contributed by atoms with E-state index in [1.165, 1.54) is 38.7 Å². The molecule has 0 bridgehead atoms. The molecule has 5 rings (SSSR count). The van der Waals surface area contributed by atoms with E-state index in [4.69, 9.17) is 4.74 Å². The fourth-order valence-corrected chi connectivity index (χ4v) is 5.72. The minimum absolute atomic E-state index is 0.111. The molecule has 0 saturated heterocycles. The van der Waals surface area contributed by atoms with E-state index in [2.05, 4.69) is 104 Å². The van der Waals surface area contributed by atoms with Crippen LogP contribution in [0, 0.1) is 6.92 Å². The number of aromatic amines is 1. The lowest BCUT2D eigenvalue weighted by Gasteiger charge is -2.25. The van der Waals surface area contributed by atoms with Gasteiger partial charge in [0, 0.05) is 51.3 Å². The number of aryl methyl sites for hydroxylation is 1. The van der Waals surface area contributed by atoms with Crippen LogP contribution in [0.1, 0.15) is 62.5 Å². The van der Waals surface area contributed by atoms with E-state index in [9.17, 15) is 0 Å². The highest BCUT2D eigenvalue weighted by molar-refractivity contribution is 5.88. The van der Waals surface area contributed by atoms with Gasteiger partial charge in [-0.15, -0.1) is 0 Å². The van der Waals surface area contributed by atoms with Crippen molar-refractivity contribution < 1.29 is 4.74 Å². The first-order valence-electron chi connectivity index (χ1n) is 12.0. The molecule has 3 heteroatoms. The van der Waals surface area contributed by atoms with Gasteiger partial charge in [-0.2, -0.15) is 0 Å². The van der Waals surface area contributed by atoms with Crippen molar-refractivity contribution in [3.05, 3.63) is 88.8 Å². The topological polar surface area (TPSA) is 29.9 Å². The average Bonchev–Trinajstić information content (AvgIpc) is 3.40. The molecule has 0 fully saturated rings. The predicted octanol–water partition coefficient (Wildman–Crippen LogP) is 7.85. The van der Waals surface area contributed by atoms with Crippen molar-refractivity contribution in [2.24, 2.45) is 0 Å². The van der Waals surface area contributed by atoms with Crippen LogP contribution in [-0.2, 0) is 16.9 Å². The van der Waals surface area contributed by atoms with Gasteiger partial charge in [0.15, 0.2) is 0 Å². The number of para-hydroxylation sites is 2. The molecule has 1 aliphatic heterocycles. The third kappa shape index (κ3) is 3.65. The Hall–Kier alpha value is -3.04. The molecule has 0 radical (unpaired) electrons. The Morgan fingerprint density at radius 2 is 1.85 bits per heavy atom. The molecule has 33 heavy (non-hydrogen) atoms. The second kappa shape index (κ2) is 8.39. The van der Waals surface area contributed by atoms with Gasteiger partial charge in [-0.1, -0.05) is 54.1 Å². The van der Waals surface area contributed by atoms with Gasteiger partial charge in [-0.3, -0.25) is 0 Å². The van der Waals surface area contributed by atoms with Crippen LogP contribution in [0.25, 0.3) is 27.9 Å². The second-order valence-corrected chi connectivity index (χ2v) is 9.81. The number of H-pyrrole nitrogens is 1. The van der Waals surface area contributed by atoms with Crippen LogP contribution in [-0.4, -0.2) is 16.2 Å². The minimum Gasteiger partial charge on any atom is -0.377 e. The number of hydrogen-bond acceptors (Lipinski definition) is 1. The molecule has 2 atom stereocenters. The van der Waals surface area contributed by atoms with E-state index in [0.717, 1.165) is 17.6 Å². The lowest BCUT2D eigenvalue weighted by atomic mass is 9.89. The zero-order valence-corrected chi connectivity index (χ0v) is 20.4. The van der Waals surface area contributed by atoms with Crippen molar-refractivity contribution in [1.29, 1.82) is 0 Å². The molecule has 0 aliphatic carbocycles. The van der Waals surface area contributed by atoms with Crippen LogP contribution in [0.2, 0.25) is 0 Å². The van der Waals surface area contributed by atoms with Crippen molar-refractivity contribution in [3.63, 3.8) is 0 Å². The van der Waals surface area contributed by atoms with Crippen LogP contribution in [0.4, 0.5) is 0 Å². The maximum atomic E-state index is 5.83. The molecular weight excluding hydrogens is 404 g/mol. The fraction of sp³-hybridized carbons (Fsp3) is 0.333. The minimum atomic E-state index is -0.111. The molecule has 2 aromatic carbocycles. The Morgan fingerprint density at radius 3 is 2.61 bits per heavy atom. The summed E-state index contributed by atoms with van der Waals surface area (Å²) in [5, 5.41) is 2.61. The molecule has 0 amide bonds. The Kier molecular flexibility index (Phi) is 5.54. The van der Waals surface area contributed by atoms with Gasteiger partial charge < -0.3 is 14.3 Å². The van der Waals surface area contributed by atoms with Gasteiger partial charge in [-0.05, 0) is 64.8 Å². The smallest absolute Gasteiger partial charge is 0.0743 e. The summed E-state index contributed by atoms with van der Waals surface area (Å²) < 4.78 is 8.42. The van der Waals surface area contributed by atoms with Crippen molar-refractivity contribution in [2.75, 3.05) is 6.61 Å². The molecule has 170 valence electrons. The van der Waals surface area contributed by atoms with E-state index >= 15 is 0 Å². The normalized spacial score (nSPS) is 20.2. The first kappa shape index (κ1) is 21.8. The highest BCUT2D eigenvalue weighted by Crippen LogP contribution is 2.48.